The molecule has 94 valence electrons. The van der Waals surface area contributed by atoms with Crippen LogP contribution >= 0.6 is 0 Å². The van der Waals surface area contributed by atoms with Crippen LogP contribution in [0.1, 0.15) is 11.1 Å². The molecule has 1 nitrogen and oxygen atoms in total. The van der Waals surface area contributed by atoms with E-state index in [2.05, 4.69) is 61.7 Å². The predicted octanol–water partition coefficient (Wildman–Crippen LogP) is 4.19. The lowest BCUT2D eigenvalue weighted by molar-refractivity contribution is -0.110. The van der Waals surface area contributed by atoms with E-state index in [1.165, 1.54) is 34.4 Å². The largest absolute Gasteiger partial charge is 0.290 e. The van der Waals surface area contributed by atoms with Gasteiger partial charge in [-0.05, 0) is 40.8 Å². The Bertz CT molecular complexity index is 570. The highest BCUT2D eigenvalue weighted by atomic mass is 16.1. The van der Waals surface area contributed by atoms with Crippen molar-refractivity contribution in [2.24, 2.45) is 0 Å². The monoisotopic (exact) mass is 248 g/mol. The number of ketones is 1. The molecule has 2 aromatic carbocycles. The maximum atomic E-state index is 9.94. The second-order valence-electron chi connectivity index (χ2n) is 4.30. The van der Waals surface area contributed by atoms with Gasteiger partial charge < -0.3 is 0 Å². The summed E-state index contributed by atoms with van der Waals surface area (Å²) < 4.78 is 0. The summed E-state index contributed by atoms with van der Waals surface area (Å²) in [5, 5.41) is 0. The molecule has 0 amide bonds. The number of hydrogen-bond acceptors (Lipinski definition) is 1. The van der Waals surface area contributed by atoms with E-state index < -0.39 is 0 Å². The fraction of sp³-hybridized carbons (Fsp3) is 0.0556. The van der Waals surface area contributed by atoms with Gasteiger partial charge in [0.2, 0.25) is 0 Å². The summed E-state index contributed by atoms with van der Waals surface area (Å²) in [6.45, 7) is 6.42. The maximum absolute atomic E-state index is 9.94. The van der Waals surface area contributed by atoms with E-state index in [-0.39, 0.29) is 5.78 Å². The Labute approximate surface area is 113 Å². The topological polar surface area (TPSA) is 17.1 Å². The Morgan fingerprint density at radius 3 is 1.63 bits per heavy atom. The van der Waals surface area contributed by atoms with Crippen LogP contribution in [0.4, 0.5) is 0 Å². The minimum Gasteiger partial charge on any atom is -0.290 e. The van der Waals surface area contributed by atoms with Gasteiger partial charge >= 0.3 is 0 Å². The molecule has 0 saturated carbocycles. The minimum absolute atomic E-state index is 0.130. The smallest absolute Gasteiger partial charge is 0.177 e. The molecule has 0 fully saturated rings. The Kier molecular flexibility index (Phi) is 4.09. The summed E-state index contributed by atoms with van der Waals surface area (Å²) in [5.41, 5.74) is 5.75. The van der Waals surface area contributed by atoms with Crippen LogP contribution in [0.3, 0.4) is 0 Å². The van der Waals surface area contributed by atoms with Crippen LogP contribution in [0.25, 0.3) is 11.1 Å². The summed E-state index contributed by atoms with van der Waals surface area (Å²) >= 11 is 0. The lowest BCUT2D eigenvalue weighted by atomic mass is 10.1. The lowest BCUT2D eigenvalue weighted by Gasteiger charge is -1.98. The second-order valence-corrected chi connectivity index (χ2v) is 4.30. The van der Waals surface area contributed by atoms with Crippen LogP contribution in [-0.2, 0) is 11.2 Å². The van der Waals surface area contributed by atoms with E-state index in [9.17, 15) is 4.79 Å². The third kappa shape index (κ3) is 2.89. The Morgan fingerprint density at radius 2 is 1.26 bits per heavy atom. The van der Waals surface area contributed by atoms with Crippen LogP contribution in [0.2, 0.25) is 0 Å². The number of hydrogen-bond donors (Lipinski definition) is 0. The Morgan fingerprint density at radius 1 is 0.842 bits per heavy atom. The molecule has 0 N–H and O–H groups in total. The zero-order valence-corrected chi connectivity index (χ0v) is 10.8. The first kappa shape index (κ1) is 13.0. The molecule has 0 bridgehead atoms. The normalized spacial score (nSPS) is 10.5. The number of allylic oxidation sites excluding steroid dienone is 2. The Hall–Kier alpha value is -2.41. The van der Waals surface area contributed by atoms with Gasteiger partial charge in [-0.3, -0.25) is 4.79 Å². The maximum Gasteiger partial charge on any atom is 0.177 e. The zero-order chi connectivity index (χ0) is 13.7. The molecule has 0 unspecified atom stereocenters. The van der Waals surface area contributed by atoms with E-state index in [1.807, 2.05) is 0 Å². The van der Waals surface area contributed by atoms with Crippen LogP contribution in [-0.4, -0.2) is 5.78 Å². The fourth-order valence-corrected chi connectivity index (χ4v) is 2.16. The van der Waals surface area contributed by atoms with Gasteiger partial charge in [0, 0.05) is 0 Å². The van der Waals surface area contributed by atoms with Crippen molar-refractivity contribution in [3.8, 4) is 11.1 Å². The molecule has 2 aromatic rings. The summed E-state index contributed by atoms with van der Waals surface area (Å²) in [5.74, 6) is -0.130. The molecule has 0 atom stereocenters. The van der Waals surface area contributed by atoms with E-state index in [0.717, 1.165) is 6.42 Å². The molecule has 0 aliphatic heterocycles. The first-order valence-electron chi connectivity index (χ1n) is 6.21. The Balaban J connectivity index is 0.000000192. The van der Waals surface area contributed by atoms with Crippen LogP contribution < -0.4 is 0 Å². The number of carbonyl (C=O) groups is 1. The minimum atomic E-state index is -0.130. The highest BCUT2D eigenvalue weighted by Gasteiger charge is 2.15. The molecule has 19 heavy (non-hydrogen) atoms. The van der Waals surface area contributed by atoms with Crippen molar-refractivity contribution in [2.45, 2.75) is 6.42 Å². The van der Waals surface area contributed by atoms with Crippen molar-refractivity contribution in [3.05, 3.63) is 85.0 Å². The van der Waals surface area contributed by atoms with Gasteiger partial charge in [0.05, 0.1) is 0 Å². The van der Waals surface area contributed by atoms with E-state index in [4.69, 9.17) is 0 Å². The van der Waals surface area contributed by atoms with Crippen molar-refractivity contribution in [2.75, 3.05) is 0 Å². The first-order valence-corrected chi connectivity index (χ1v) is 6.21. The van der Waals surface area contributed by atoms with Crippen LogP contribution in [0.5, 0.6) is 0 Å². The summed E-state index contributed by atoms with van der Waals surface area (Å²) in [6, 6.07) is 17.3. The fourth-order valence-electron chi connectivity index (χ4n) is 2.16. The molecule has 1 heteroatoms. The van der Waals surface area contributed by atoms with Crippen LogP contribution in [0.15, 0.2) is 73.8 Å². The van der Waals surface area contributed by atoms with E-state index >= 15 is 0 Å². The average molecular weight is 248 g/mol. The van der Waals surface area contributed by atoms with Gasteiger partial charge in [0.15, 0.2) is 5.78 Å². The average Bonchev–Trinajstić information content (AvgIpc) is 2.85. The molecule has 1 aliphatic carbocycles. The molecule has 0 radical (unpaired) electrons. The molecule has 0 aromatic heterocycles. The quantitative estimate of drug-likeness (QED) is 0.622. The van der Waals surface area contributed by atoms with Gasteiger partial charge in [0.1, 0.15) is 0 Å². The third-order valence-electron chi connectivity index (χ3n) is 3.11. The predicted molar refractivity (Wildman–Crippen MR) is 80.1 cm³/mol. The van der Waals surface area contributed by atoms with Gasteiger partial charge in [0.25, 0.3) is 0 Å². The van der Waals surface area contributed by atoms with Gasteiger partial charge in [-0.1, -0.05) is 61.7 Å². The van der Waals surface area contributed by atoms with Gasteiger partial charge in [-0.25, -0.2) is 0 Å². The molecular formula is C18H16O. The van der Waals surface area contributed by atoms with E-state index in [0.29, 0.717) is 0 Å². The summed E-state index contributed by atoms with van der Waals surface area (Å²) in [6.07, 6.45) is 3.53. The van der Waals surface area contributed by atoms with Gasteiger partial charge in [-0.2, -0.15) is 0 Å². The summed E-state index contributed by atoms with van der Waals surface area (Å²) in [4.78, 5) is 9.94. The molecular weight excluding hydrogens is 232 g/mol. The highest BCUT2D eigenvalue weighted by molar-refractivity contribution is 5.98. The molecule has 0 saturated heterocycles. The lowest BCUT2D eigenvalue weighted by Crippen LogP contribution is -1.78. The standard InChI is InChI=1S/C13H10.C5H6O/c1-3-7-12-10(5-1)9-11-6-2-4-8-13(11)12;1-3-5(6)4-2/h1-8H,9H2;3-4H,1-2H2. The van der Waals surface area contributed by atoms with Crippen molar-refractivity contribution in [1.29, 1.82) is 0 Å². The molecule has 0 spiro atoms. The number of fused-ring (bicyclic) bond motifs is 3. The van der Waals surface area contributed by atoms with Crippen LogP contribution in [0, 0.1) is 0 Å². The number of benzene rings is 2. The van der Waals surface area contributed by atoms with Crippen molar-refractivity contribution in [1.82, 2.24) is 0 Å². The second kappa shape index (κ2) is 5.96. The van der Waals surface area contributed by atoms with Crippen molar-refractivity contribution < 1.29 is 4.79 Å². The third-order valence-corrected chi connectivity index (χ3v) is 3.11. The molecule has 1 aliphatic rings. The number of rotatable bonds is 2. The zero-order valence-electron chi connectivity index (χ0n) is 10.8. The first-order chi connectivity index (χ1) is 9.26. The van der Waals surface area contributed by atoms with Crippen molar-refractivity contribution >= 4 is 5.78 Å². The SMILES string of the molecule is C=CC(=O)C=C.c1ccc2c(c1)Cc1ccccc1-2. The van der Waals surface area contributed by atoms with Crippen molar-refractivity contribution in [3.63, 3.8) is 0 Å². The van der Waals surface area contributed by atoms with E-state index in [1.54, 1.807) is 0 Å². The molecule has 3 rings (SSSR count). The summed E-state index contributed by atoms with van der Waals surface area (Å²) in [7, 11) is 0. The van der Waals surface area contributed by atoms with Gasteiger partial charge in [-0.15, -0.1) is 0 Å². The highest BCUT2D eigenvalue weighted by Crippen LogP contribution is 2.35. The number of carbonyl (C=O) groups excluding carboxylic acids is 1. The molecule has 0 heterocycles.